The van der Waals surface area contributed by atoms with Gasteiger partial charge >= 0.3 is 0 Å². The highest BCUT2D eigenvalue weighted by atomic mass is 35.5. The summed E-state index contributed by atoms with van der Waals surface area (Å²) in [6, 6.07) is 13.2. The third kappa shape index (κ3) is 2.27. The first kappa shape index (κ1) is 12.3. The van der Waals surface area contributed by atoms with Crippen molar-refractivity contribution in [1.29, 1.82) is 0 Å². The van der Waals surface area contributed by atoms with Crippen LogP contribution in [-0.2, 0) is 6.54 Å². The maximum atomic E-state index is 6.18. The summed E-state index contributed by atoms with van der Waals surface area (Å²) in [6.07, 6.45) is 0. The second-order valence-electron chi connectivity index (χ2n) is 4.28. The molecule has 0 aliphatic carbocycles. The number of nitrogen functional groups attached to an aromatic ring is 1. The summed E-state index contributed by atoms with van der Waals surface area (Å²) in [7, 11) is 0. The molecule has 0 saturated carbocycles. The molecule has 0 unspecified atom stereocenters. The first-order valence-electron chi connectivity index (χ1n) is 5.80. The van der Waals surface area contributed by atoms with Crippen LogP contribution in [0.1, 0.15) is 5.56 Å². The van der Waals surface area contributed by atoms with Crippen molar-refractivity contribution in [3.05, 3.63) is 58.1 Å². The molecule has 0 atom stereocenters. The molecule has 2 N–H and O–H groups in total. The van der Waals surface area contributed by atoms with Crippen molar-refractivity contribution in [2.75, 3.05) is 5.73 Å². The number of aromatic nitrogens is 2. The molecule has 1 aromatic heterocycles. The molecule has 0 aliphatic rings. The Labute approximate surface area is 120 Å². The van der Waals surface area contributed by atoms with Gasteiger partial charge in [0.15, 0.2) is 0 Å². The lowest BCUT2D eigenvalue weighted by atomic mass is 10.2. The van der Waals surface area contributed by atoms with E-state index in [0.717, 1.165) is 16.6 Å². The average Bonchev–Trinajstić information content (AvgIpc) is 2.69. The zero-order valence-corrected chi connectivity index (χ0v) is 11.5. The second kappa shape index (κ2) is 4.76. The van der Waals surface area contributed by atoms with Gasteiger partial charge in [0.25, 0.3) is 0 Å². The topological polar surface area (TPSA) is 43.8 Å². The lowest BCUT2D eigenvalue weighted by molar-refractivity contribution is 0.839. The fraction of sp³-hybridized carbons (Fsp3) is 0.0714. The van der Waals surface area contributed by atoms with Gasteiger partial charge in [-0.2, -0.15) is 0 Å². The molecule has 3 nitrogen and oxygen atoms in total. The van der Waals surface area contributed by atoms with E-state index in [2.05, 4.69) is 4.98 Å². The Morgan fingerprint density at radius 3 is 2.68 bits per heavy atom. The number of benzene rings is 2. The van der Waals surface area contributed by atoms with E-state index < -0.39 is 0 Å². The third-order valence-electron chi connectivity index (χ3n) is 3.03. The van der Waals surface area contributed by atoms with Crippen LogP contribution in [-0.4, -0.2) is 9.55 Å². The highest BCUT2D eigenvalue weighted by Crippen LogP contribution is 2.24. The van der Waals surface area contributed by atoms with E-state index in [0.29, 0.717) is 22.5 Å². The molecular formula is C14H11Cl2N3. The lowest BCUT2D eigenvalue weighted by Gasteiger charge is -2.08. The smallest absolute Gasteiger partial charge is 0.201 e. The van der Waals surface area contributed by atoms with Gasteiger partial charge < -0.3 is 10.3 Å². The molecule has 5 heteroatoms. The number of nitrogens with zero attached hydrogens (tertiary/aromatic N) is 2. The zero-order chi connectivity index (χ0) is 13.4. The van der Waals surface area contributed by atoms with Crippen LogP contribution in [0, 0.1) is 0 Å². The van der Waals surface area contributed by atoms with Gasteiger partial charge in [0, 0.05) is 10.0 Å². The summed E-state index contributed by atoms with van der Waals surface area (Å²) in [5, 5.41) is 1.37. The van der Waals surface area contributed by atoms with Crippen LogP contribution >= 0.6 is 23.2 Å². The summed E-state index contributed by atoms with van der Waals surface area (Å²) in [4.78, 5) is 4.32. The number of imidazole rings is 1. The van der Waals surface area contributed by atoms with Crippen LogP contribution in [0.5, 0.6) is 0 Å². The first-order chi connectivity index (χ1) is 9.15. The third-order valence-corrected chi connectivity index (χ3v) is 3.63. The van der Waals surface area contributed by atoms with E-state index in [1.165, 1.54) is 0 Å². The standard InChI is InChI=1S/C14H11Cl2N3/c15-10-5-6-12-13(7-10)19(14(17)18-12)8-9-3-1-2-4-11(9)16/h1-7H,8H2,(H2,17,18). The zero-order valence-electron chi connectivity index (χ0n) is 9.98. The van der Waals surface area contributed by atoms with Gasteiger partial charge in [0.05, 0.1) is 17.6 Å². The molecular weight excluding hydrogens is 281 g/mol. The normalized spacial score (nSPS) is 11.1. The van der Waals surface area contributed by atoms with E-state index in [1.807, 2.05) is 41.0 Å². The lowest BCUT2D eigenvalue weighted by Crippen LogP contribution is -2.04. The summed E-state index contributed by atoms with van der Waals surface area (Å²) in [6.45, 7) is 0.572. The fourth-order valence-electron chi connectivity index (χ4n) is 2.08. The minimum absolute atomic E-state index is 0.456. The Hall–Kier alpha value is -1.71. The quantitative estimate of drug-likeness (QED) is 0.776. The number of rotatable bonds is 2. The van der Waals surface area contributed by atoms with Crippen LogP contribution < -0.4 is 5.73 Å². The van der Waals surface area contributed by atoms with E-state index in [9.17, 15) is 0 Å². The molecule has 19 heavy (non-hydrogen) atoms. The molecule has 1 heterocycles. The molecule has 3 aromatic rings. The highest BCUT2D eigenvalue weighted by molar-refractivity contribution is 6.31. The number of nitrogens with two attached hydrogens (primary N) is 1. The van der Waals surface area contributed by atoms with E-state index in [-0.39, 0.29) is 0 Å². The van der Waals surface area contributed by atoms with Crippen LogP contribution in [0.25, 0.3) is 11.0 Å². The van der Waals surface area contributed by atoms with Gasteiger partial charge in [-0.25, -0.2) is 4.98 Å². The van der Waals surface area contributed by atoms with E-state index >= 15 is 0 Å². The van der Waals surface area contributed by atoms with Crippen molar-refractivity contribution >= 4 is 40.2 Å². The molecule has 0 aliphatic heterocycles. The Kier molecular flexibility index (Phi) is 3.09. The van der Waals surface area contributed by atoms with Crippen LogP contribution in [0.15, 0.2) is 42.5 Å². The largest absolute Gasteiger partial charge is 0.369 e. The molecule has 0 radical (unpaired) electrons. The number of hydrogen-bond donors (Lipinski definition) is 1. The Balaban J connectivity index is 2.12. The van der Waals surface area contributed by atoms with Crippen molar-refractivity contribution in [3.63, 3.8) is 0 Å². The number of halogens is 2. The van der Waals surface area contributed by atoms with Crippen molar-refractivity contribution in [3.8, 4) is 0 Å². The Bertz CT molecular complexity index is 750. The van der Waals surface area contributed by atoms with Crippen LogP contribution in [0.4, 0.5) is 5.95 Å². The molecule has 96 valence electrons. The molecule has 2 aromatic carbocycles. The fourth-order valence-corrected chi connectivity index (χ4v) is 2.44. The van der Waals surface area contributed by atoms with Gasteiger partial charge in [-0.05, 0) is 29.8 Å². The monoisotopic (exact) mass is 291 g/mol. The molecule has 0 spiro atoms. The average molecular weight is 292 g/mol. The first-order valence-corrected chi connectivity index (χ1v) is 6.55. The second-order valence-corrected chi connectivity index (χ2v) is 5.12. The summed E-state index contributed by atoms with van der Waals surface area (Å²) < 4.78 is 1.91. The van der Waals surface area contributed by atoms with Crippen molar-refractivity contribution in [2.24, 2.45) is 0 Å². The van der Waals surface area contributed by atoms with Crippen molar-refractivity contribution in [1.82, 2.24) is 9.55 Å². The molecule has 0 saturated heterocycles. The summed E-state index contributed by atoms with van der Waals surface area (Å²) in [5.74, 6) is 0.456. The minimum atomic E-state index is 0.456. The van der Waals surface area contributed by atoms with Crippen LogP contribution in [0.2, 0.25) is 10.0 Å². The Morgan fingerprint density at radius 2 is 1.89 bits per heavy atom. The predicted molar refractivity (Wildman–Crippen MR) is 79.7 cm³/mol. The van der Waals surface area contributed by atoms with Crippen molar-refractivity contribution < 1.29 is 0 Å². The van der Waals surface area contributed by atoms with Gasteiger partial charge in [-0.3, -0.25) is 0 Å². The van der Waals surface area contributed by atoms with Crippen molar-refractivity contribution in [2.45, 2.75) is 6.54 Å². The Morgan fingerprint density at radius 1 is 1.11 bits per heavy atom. The molecule has 3 rings (SSSR count). The molecule has 0 fully saturated rings. The number of hydrogen-bond acceptors (Lipinski definition) is 2. The van der Waals surface area contributed by atoms with Gasteiger partial charge in [-0.1, -0.05) is 41.4 Å². The van der Waals surface area contributed by atoms with Crippen LogP contribution in [0.3, 0.4) is 0 Å². The highest BCUT2D eigenvalue weighted by Gasteiger charge is 2.10. The number of anilines is 1. The van der Waals surface area contributed by atoms with E-state index in [1.54, 1.807) is 6.07 Å². The summed E-state index contributed by atoms with van der Waals surface area (Å²) >= 11 is 12.2. The number of fused-ring (bicyclic) bond motifs is 1. The SMILES string of the molecule is Nc1nc2ccc(Cl)cc2n1Cc1ccccc1Cl. The van der Waals surface area contributed by atoms with Gasteiger partial charge in [0.2, 0.25) is 5.95 Å². The van der Waals surface area contributed by atoms with Gasteiger partial charge in [-0.15, -0.1) is 0 Å². The summed E-state index contributed by atoms with van der Waals surface area (Å²) in [5.41, 5.74) is 8.70. The molecule has 0 amide bonds. The maximum absolute atomic E-state index is 6.18. The minimum Gasteiger partial charge on any atom is -0.369 e. The maximum Gasteiger partial charge on any atom is 0.201 e. The van der Waals surface area contributed by atoms with E-state index in [4.69, 9.17) is 28.9 Å². The van der Waals surface area contributed by atoms with Gasteiger partial charge in [0.1, 0.15) is 0 Å². The molecule has 0 bridgehead atoms. The predicted octanol–water partition coefficient (Wildman–Crippen LogP) is 3.97.